The Morgan fingerprint density at radius 3 is 1.47 bits per heavy atom. The Labute approximate surface area is 553 Å². The van der Waals surface area contributed by atoms with Crippen molar-refractivity contribution in [2.24, 2.45) is 0 Å². The van der Waals surface area contributed by atoms with E-state index in [0.717, 1.165) is 90.4 Å². The van der Waals surface area contributed by atoms with Crippen molar-refractivity contribution in [1.82, 2.24) is 64.4 Å². The van der Waals surface area contributed by atoms with Crippen molar-refractivity contribution in [1.29, 1.82) is 0 Å². The van der Waals surface area contributed by atoms with E-state index in [0.29, 0.717) is 44.6 Å². The number of aromatic nitrogens is 13. The summed E-state index contributed by atoms with van der Waals surface area (Å²) >= 11 is 4.38. The Bertz CT molecular complexity index is 4610. The first-order valence-corrected chi connectivity index (χ1v) is 31.3. The number of nitrogens with two attached hydrogens (primary N) is 4. The number of aryl methyl sites for hydroxylation is 2. The Morgan fingerprint density at radius 1 is 0.436 bits per heavy atom. The summed E-state index contributed by atoms with van der Waals surface area (Å²) in [5.74, 6) is 2.90. The summed E-state index contributed by atoms with van der Waals surface area (Å²) in [4.78, 5) is 54.0. The SMILES string of the molecule is C.CCc1cc(Nc2ccc(Sc3ccncc3)c(F)c2)nc(N)n1.Nc1nc2c(c(Nc3ccc4c(ccn4-c4ccncc4)c3)n1)CCC2.Nc1nccc(Nc2ccc(Sc3ccncc3)c(F)c2)n1.Nc1nccc(Nc2ccc(Sc3ccncc3)cc2)n1. The van der Waals surface area contributed by atoms with Crippen LogP contribution in [0.25, 0.3) is 16.6 Å². The zero-order valence-electron chi connectivity index (χ0n) is 49.7. The molecule has 472 valence electrons. The predicted octanol–water partition coefficient (Wildman–Crippen LogP) is 15.2. The summed E-state index contributed by atoms with van der Waals surface area (Å²) in [6, 6.07) is 47.0. The van der Waals surface area contributed by atoms with E-state index in [-0.39, 0.29) is 36.9 Å². The van der Waals surface area contributed by atoms with Crippen LogP contribution < -0.4 is 44.2 Å². The molecule has 0 unspecified atom stereocenters. The van der Waals surface area contributed by atoms with E-state index in [1.807, 2.05) is 67.6 Å². The number of benzene rings is 4. The number of hydrogen-bond donors (Lipinski definition) is 8. The van der Waals surface area contributed by atoms with Crippen LogP contribution in [0.2, 0.25) is 0 Å². The van der Waals surface area contributed by atoms with Gasteiger partial charge in [-0.15, -0.1) is 0 Å². The van der Waals surface area contributed by atoms with Gasteiger partial charge in [0.15, 0.2) is 0 Å². The van der Waals surface area contributed by atoms with E-state index in [1.165, 1.54) is 47.4 Å². The van der Waals surface area contributed by atoms with E-state index in [1.54, 1.807) is 110 Å². The lowest BCUT2D eigenvalue weighted by Crippen LogP contribution is -2.05. The normalized spacial score (nSPS) is 11.1. The fraction of sp³-hybridized carbons (Fsp3) is 0.0882. The molecule has 4 aromatic carbocycles. The van der Waals surface area contributed by atoms with Gasteiger partial charge in [0.2, 0.25) is 23.8 Å². The van der Waals surface area contributed by atoms with Crippen LogP contribution in [0.4, 0.5) is 78.6 Å². The van der Waals surface area contributed by atoms with Crippen LogP contribution in [0.3, 0.4) is 0 Å². The molecule has 9 heterocycles. The molecule has 26 heteroatoms. The molecule has 13 aromatic rings. The highest BCUT2D eigenvalue weighted by molar-refractivity contribution is 7.99. The third kappa shape index (κ3) is 18.4. The minimum Gasteiger partial charge on any atom is -0.368 e. The van der Waals surface area contributed by atoms with Crippen LogP contribution in [-0.2, 0) is 19.3 Å². The van der Waals surface area contributed by atoms with Gasteiger partial charge in [0.25, 0.3) is 0 Å². The molecule has 1 aliphatic rings. The summed E-state index contributed by atoms with van der Waals surface area (Å²) in [6.45, 7) is 1.98. The number of halogens is 2. The number of nitrogens with zero attached hydrogens (tertiary/aromatic N) is 13. The number of anilines is 12. The van der Waals surface area contributed by atoms with E-state index in [2.05, 4.69) is 128 Å². The number of hydrogen-bond acceptors (Lipinski definition) is 23. The minimum atomic E-state index is -0.311. The Morgan fingerprint density at radius 2 is 0.915 bits per heavy atom. The molecular formula is C68H63F2N21S3. The fourth-order valence-electron chi connectivity index (χ4n) is 9.27. The zero-order chi connectivity index (χ0) is 64.3. The average molecular weight is 1310 g/mol. The van der Waals surface area contributed by atoms with Crippen molar-refractivity contribution in [3.05, 3.63) is 248 Å². The molecule has 0 amide bonds. The van der Waals surface area contributed by atoms with Crippen LogP contribution in [0.1, 0.15) is 37.7 Å². The maximum atomic E-state index is 14.3. The zero-order valence-corrected chi connectivity index (χ0v) is 52.2. The Balaban J connectivity index is 0.000000137. The first-order chi connectivity index (χ1) is 45.4. The first kappa shape index (κ1) is 65.6. The van der Waals surface area contributed by atoms with Crippen LogP contribution >= 0.6 is 35.3 Å². The van der Waals surface area contributed by atoms with Gasteiger partial charge in [-0.25, -0.2) is 28.7 Å². The van der Waals surface area contributed by atoms with E-state index in [4.69, 9.17) is 22.9 Å². The van der Waals surface area contributed by atoms with Gasteiger partial charge in [-0.1, -0.05) is 49.6 Å². The van der Waals surface area contributed by atoms with Gasteiger partial charge in [0, 0.05) is 149 Å². The lowest BCUT2D eigenvalue weighted by Gasteiger charge is -2.11. The smallest absolute Gasteiger partial charge is 0.222 e. The molecule has 0 atom stereocenters. The summed E-state index contributed by atoms with van der Waals surface area (Å²) in [7, 11) is 0. The van der Waals surface area contributed by atoms with Crippen molar-refractivity contribution >= 4 is 116 Å². The molecule has 0 saturated heterocycles. The second-order valence-corrected chi connectivity index (χ2v) is 23.5. The molecule has 0 aliphatic heterocycles. The van der Waals surface area contributed by atoms with Crippen LogP contribution in [0, 0.1) is 11.6 Å². The van der Waals surface area contributed by atoms with Crippen LogP contribution in [-0.4, -0.2) is 64.4 Å². The molecule has 0 saturated carbocycles. The standard InChI is InChI=1S/C20H18N6.C17H16FN5S.C15H12FN5S.C15H13N5S.CH4/c21-20-24-17-3-1-2-16(17)19(25-20)23-14-4-5-18-13(12-14)8-11-26(18)15-6-9-22-10-7-15;1-2-11-10-16(23-17(19)22-11)21-12-3-4-15(14(18)9-12)24-13-5-7-20-8-6-13;16-12-9-10(20-14-5-8-19-15(17)21-14)1-2-13(12)22-11-3-6-18-7-4-11;16-15-18-10-7-14(20-15)19-11-1-3-12(4-2-11)21-13-5-8-17-9-6-13;/h4-12H,1-3H2,(H3,21,23,24,25);3-10H,2H2,1H3,(H3,19,21,22,23);1-9H,(H3,17,19,20,21);1-10H,(H3,16,18,19,20);1H4. The molecule has 0 fully saturated rings. The Kier molecular flexibility index (Phi) is 22.4. The van der Waals surface area contributed by atoms with E-state index < -0.39 is 0 Å². The van der Waals surface area contributed by atoms with Gasteiger partial charge >= 0.3 is 0 Å². The summed E-state index contributed by atoms with van der Waals surface area (Å²) in [5.41, 5.74) is 31.1. The monoisotopic (exact) mass is 1310 g/mol. The van der Waals surface area contributed by atoms with Crippen molar-refractivity contribution in [2.75, 3.05) is 44.2 Å². The quantitative estimate of drug-likeness (QED) is 0.0446. The number of rotatable bonds is 16. The largest absolute Gasteiger partial charge is 0.368 e. The van der Waals surface area contributed by atoms with Gasteiger partial charge in [-0.2, -0.15) is 19.9 Å². The topological polar surface area (TPSA) is 312 Å². The second-order valence-electron chi connectivity index (χ2n) is 20.1. The third-order valence-corrected chi connectivity index (χ3v) is 16.7. The van der Waals surface area contributed by atoms with Gasteiger partial charge in [0.1, 0.15) is 34.9 Å². The number of pyridine rings is 4. The fourth-order valence-corrected chi connectivity index (χ4v) is 11.7. The molecule has 9 aromatic heterocycles. The maximum Gasteiger partial charge on any atom is 0.222 e. The summed E-state index contributed by atoms with van der Waals surface area (Å²) in [6.07, 6.45) is 23.0. The highest BCUT2D eigenvalue weighted by Gasteiger charge is 2.19. The van der Waals surface area contributed by atoms with Crippen molar-refractivity contribution in [2.45, 2.75) is 69.4 Å². The second kappa shape index (κ2) is 32.1. The Hall–Kier alpha value is -11.4. The maximum absolute atomic E-state index is 14.3. The highest BCUT2D eigenvalue weighted by atomic mass is 32.2. The minimum absolute atomic E-state index is 0. The third-order valence-electron chi connectivity index (χ3n) is 13.5. The average Bonchev–Trinajstić information content (AvgIpc) is 2.10. The first-order valence-electron chi connectivity index (χ1n) is 28.9. The van der Waals surface area contributed by atoms with Gasteiger partial charge in [0.05, 0.1) is 11.2 Å². The van der Waals surface area contributed by atoms with E-state index in [9.17, 15) is 8.78 Å². The van der Waals surface area contributed by atoms with Crippen LogP contribution in [0.5, 0.6) is 0 Å². The molecule has 0 spiro atoms. The molecule has 94 heavy (non-hydrogen) atoms. The number of fused-ring (bicyclic) bond motifs is 2. The van der Waals surface area contributed by atoms with Gasteiger partial charge in [-0.05, 0) is 171 Å². The molecule has 0 radical (unpaired) electrons. The summed E-state index contributed by atoms with van der Waals surface area (Å²) < 4.78 is 30.7. The lowest BCUT2D eigenvalue weighted by atomic mass is 10.2. The number of nitrogens with one attached hydrogen (secondary N) is 4. The molecule has 1 aliphatic carbocycles. The molecule has 12 N–H and O–H groups in total. The summed E-state index contributed by atoms with van der Waals surface area (Å²) in [5, 5.41) is 13.8. The predicted molar refractivity (Wildman–Crippen MR) is 372 cm³/mol. The highest BCUT2D eigenvalue weighted by Crippen LogP contribution is 2.35. The van der Waals surface area contributed by atoms with Gasteiger partial charge < -0.3 is 48.8 Å². The van der Waals surface area contributed by atoms with Crippen molar-refractivity contribution in [3.63, 3.8) is 0 Å². The lowest BCUT2D eigenvalue weighted by molar-refractivity contribution is 0.602. The molecule has 0 bridgehead atoms. The molecule has 21 nitrogen and oxygen atoms in total. The van der Waals surface area contributed by atoms with Gasteiger partial charge in [-0.3, -0.25) is 19.9 Å². The number of nitrogen functional groups attached to an aromatic ring is 4. The van der Waals surface area contributed by atoms with Crippen LogP contribution in [0.15, 0.2) is 249 Å². The van der Waals surface area contributed by atoms with Crippen molar-refractivity contribution < 1.29 is 8.78 Å². The molecule has 14 rings (SSSR count). The van der Waals surface area contributed by atoms with E-state index >= 15 is 0 Å². The van der Waals surface area contributed by atoms with Crippen molar-refractivity contribution in [3.8, 4) is 5.69 Å². The molecular weight excluding hydrogens is 1250 g/mol.